The summed E-state index contributed by atoms with van der Waals surface area (Å²) in [5.74, 6) is -1.04. The average Bonchev–Trinajstić information content (AvgIpc) is 3.40. The van der Waals surface area contributed by atoms with Crippen molar-refractivity contribution in [3.63, 3.8) is 0 Å². The van der Waals surface area contributed by atoms with Crippen molar-refractivity contribution < 1.29 is 19.1 Å². The molecule has 10 heteroatoms. The van der Waals surface area contributed by atoms with E-state index in [0.717, 1.165) is 16.5 Å². The van der Waals surface area contributed by atoms with Gasteiger partial charge in [0.2, 0.25) is 0 Å². The van der Waals surface area contributed by atoms with Crippen LogP contribution in [0.15, 0.2) is 81.8 Å². The van der Waals surface area contributed by atoms with Crippen molar-refractivity contribution >= 4 is 28.5 Å². The van der Waals surface area contributed by atoms with Crippen LogP contribution in [0.1, 0.15) is 0 Å². The van der Waals surface area contributed by atoms with Gasteiger partial charge in [-0.2, -0.15) is 5.10 Å². The number of aromatic nitrogens is 3. The first-order chi connectivity index (χ1) is 16.0. The lowest BCUT2D eigenvalue weighted by atomic mass is 10.2. The number of benzene rings is 2. The van der Waals surface area contributed by atoms with Gasteiger partial charge in [0.1, 0.15) is 17.0 Å². The summed E-state index contributed by atoms with van der Waals surface area (Å²) in [6, 6.07) is 16.0. The molecule has 164 valence electrons. The Morgan fingerprint density at radius 1 is 1.03 bits per heavy atom. The number of rotatable bonds is 6. The molecule has 10 nitrogen and oxygen atoms in total. The van der Waals surface area contributed by atoms with Gasteiger partial charge in [0.05, 0.1) is 19.3 Å². The largest absolute Gasteiger partial charge is 0.421 e. The van der Waals surface area contributed by atoms with E-state index >= 15 is 0 Å². The van der Waals surface area contributed by atoms with Gasteiger partial charge in [0, 0.05) is 28.8 Å². The molecule has 0 aliphatic carbocycles. The summed E-state index contributed by atoms with van der Waals surface area (Å²) in [6.07, 6.45) is 2.73. The molecule has 0 saturated carbocycles. The topological polar surface area (TPSA) is 131 Å². The van der Waals surface area contributed by atoms with Gasteiger partial charge < -0.3 is 14.8 Å². The summed E-state index contributed by atoms with van der Waals surface area (Å²) in [4.78, 5) is 39.0. The molecule has 2 N–H and O–H groups in total. The van der Waals surface area contributed by atoms with E-state index in [1.807, 2.05) is 30.3 Å². The third kappa shape index (κ3) is 3.79. The Morgan fingerprint density at radius 2 is 1.85 bits per heavy atom. The second kappa shape index (κ2) is 8.17. The SMILES string of the molecule is O=C1C=C(Nc2ccc3cc(-n4ncc(-c5ccccc5)n4)c(=O)oc3c2)C(=O)N1CCO. The maximum Gasteiger partial charge on any atom is 0.364 e. The normalized spacial score (nSPS) is 13.6. The molecule has 0 unspecified atom stereocenters. The molecule has 1 aliphatic heterocycles. The van der Waals surface area contributed by atoms with Gasteiger partial charge >= 0.3 is 5.63 Å². The van der Waals surface area contributed by atoms with Gasteiger partial charge in [-0.05, 0) is 18.2 Å². The van der Waals surface area contributed by atoms with Crippen LogP contribution >= 0.6 is 0 Å². The minimum Gasteiger partial charge on any atom is -0.421 e. The molecule has 2 amide bonds. The third-order valence-corrected chi connectivity index (χ3v) is 5.11. The number of nitrogens with one attached hydrogen (secondary N) is 1. The summed E-state index contributed by atoms with van der Waals surface area (Å²) >= 11 is 0. The molecule has 0 fully saturated rings. The Labute approximate surface area is 186 Å². The first-order valence-electron chi connectivity index (χ1n) is 10.0. The maximum atomic E-state index is 12.6. The zero-order chi connectivity index (χ0) is 22.9. The Hall–Kier alpha value is -4.57. The van der Waals surface area contributed by atoms with Crippen LogP contribution in [0.4, 0.5) is 5.69 Å². The molecular weight excluding hydrogens is 426 g/mol. The van der Waals surface area contributed by atoms with Gasteiger partial charge in [-0.25, -0.2) is 4.79 Å². The number of hydrogen-bond acceptors (Lipinski definition) is 8. The molecule has 1 aliphatic rings. The quantitative estimate of drug-likeness (QED) is 0.340. The first kappa shape index (κ1) is 20.3. The highest BCUT2D eigenvalue weighted by Gasteiger charge is 2.30. The lowest BCUT2D eigenvalue weighted by Gasteiger charge is -2.13. The smallest absolute Gasteiger partial charge is 0.364 e. The first-order valence-corrected chi connectivity index (χ1v) is 10.0. The average molecular weight is 443 g/mol. The van der Waals surface area contributed by atoms with E-state index in [1.54, 1.807) is 30.5 Å². The summed E-state index contributed by atoms with van der Waals surface area (Å²) in [7, 11) is 0. The second-order valence-corrected chi connectivity index (χ2v) is 7.26. The van der Waals surface area contributed by atoms with Crippen LogP contribution in [0.5, 0.6) is 0 Å². The number of anilines is 1. The predicted molar refractivity (Wildman–Crippen MR) is 118 cm³/mol. The number of nitrogens with zero attached hydrogens (tertiary/aromatic N) is 4. The molecule has 3 heterocycles. The number of amides is 2. The van der Waals surface area contributed by atoms with E-state index in [0.29, 0.717) is 16.8 Å². The highest BCUT2D eigenvalue weighted by Crippen LogP contribution is 2.23. The highest BCUT2D eigenvalue weighted by atomic mass is 16.4. The second-order valence-electron chi connectivity index (χ2n) is 7.26. The number of aliphatic hydroxyl groups excluding tert-OH is 1. The fourth-order valence-corrected chi connectivity index (χ4v) is 3.50. The molecular formula is C23H17N5O5. The van der Waals surface area contributed by atoms with Gasteiger partial charge in [0.25, 0.3) is 11.8 Å². The van der Waals surface area contributed by atoms with Crippen LogP contribution in [-0.4, -0.2) is 50.0 Å². The summed E-state index contributed by atoms with van der Waals surface area (Å²) in [6.45, 7) is -0.401. The van der Waals surface area contributed by atoms with Gasteiger partial charge in [-0.1, -0.05) is 30.3 Å². The van der Waals surface area contributed by atoms with Crippen molar-refractivity contribution in [1.82, 2.24) is 19.9 Å². The zero-order valence-corrected chi connectivity index (χ0v) is 17.1. The molecule has 0 bridgehead atoms. The van der Waals surface area contributed by atoms with E-state index in [9.17, 15) is 14.4 Å². The van der Waals surface area contributed by atoms with Crippen LogP contribution in [-0.2, 0) is 9.59 Å². The van der Waals surface area contributed by atoms with Crippen molar-refractivity contribution in [2.24, 2.45) is 0 Å². The number of fused-ring (bicyclic) bond motifs is 1. The molecule has 33 heavy (non-hydrogen) atoms. The number of β-amino-alcohol motifs (C(OH)–C–C–N with tert-alkyl or cyclic N) is 1. The van der Waals surface area contributed by atoms with Crippen LogP contribution in [0.2, 0.25) is 0 Å². The predicted octanol–water partition coefficient (Wildman–Crippen LogP) is 1.70. The Bertz CT molecular complexity index is 1470. The number of carbonyl (C=O) groups excluding carboxylic acids is 2. The lowest BCUT2D eigenvalue weighted by molar-refractivity contribution is -0.137. The zero-order valence-electron chi connectivity index (χ0n) is 17.1. The van der Waals surface area contributed by atoms with Gasteiger partial charge in [-0.15, -0.1) is 9.90 Å². The maximum absolute atomic E-state index is 12.6. The highest BCUT2D eigenvalue weighted by molar-refractivity contribution is 6.17. The summed E-state index contributed by atoms with van der Waals surface area (Å²) in [5.41, 5.74) is 1.83. The van der Waals surface area contributed by atoms with E-state index in [2.05, 4.69) is 15.5 Å². The van der Waals surface area contributed by atoms with E-state index in [-0.39, 0.29) is 30.1 Å². The van der Waals surface area contributed by atoms with Gasteiger partial charge in [-0.3, -0.25) is 14.5 Å². The number of imide groups is 1. The molecule has 5 rings (SSSR count). The van der Waals surface area contributed by atoms with Crippen molar-refractivity contribution in [3.05, 3.63) is 83.0 Å². The summed E-state index contributed by atoms with van der Waals surface area (Å²) in [5, 5.41) is 21.1. The molecule has 0 saturated heterocycles. The number of hydrogen-bond donors (Lipinski definition) is 2. The molecule has 0 radical (unpaired) electrons. The third-order valence-electron chi connectivity index (χ3n) is 5.11. The van der Waals surface area contributed by atoms with E-state index in [1.165, 1.54) is 4.80 Å². The molecule has 0 spiro atoms. The monoisotopic (exact) mass is 443 g/mol. The van der Waals surface area contributed by atoms with E-state index < -0.39 is 17.4 Å². The van der Waals surface area contributed by atoms with Gasteiger partial charge in [0.15, 0.2) is 5.69 Å². The molecule has 0 atom stereocenters. The Morgan fingerprint density at radius 3 is 2.64 bits per heavy atom. The lowest BCUT2D eigenvalue weighted by Crippen LogP contribution is -2.34. The fraction of sp³-hybridized carbons (Fsp3) is 0.0870. The van der Waals surface area contributed by atoms with Crippen LogP contribution in [0, 0.1) is 0 Å². The minimum absolute atomic E-state index is 0.0703. The van der Waals surface area contributed by atoms with Crippen LogP contribution < -0.4 is 10.9 Å². The molecule has 2 aromatic heterocycles. The van der Waals surface area contributed by atoms with Crippen LogP contribution in [0.25, 0.3) is 27.9 Å². The number of carbonyl (C=O) groups is 2. The van der Waals surface area contributed by atoms with Crippen molar-refractivity contribution in [3.8, 4) is 16.9 Å². The number of aliphatic hydroxyl groups is 1. The molecule has 4 aromatic rings. The van der Waals surface area contributed by atoms with E-state index in [4.69, 9.17) is 9.52 Å². The minimum atomic E-state index is -0.629. The van der Waals surface area contributed by atoms with Crippen molar-refractivity contribution in [2.45, 2.75) is 0 Å². The summed E-state index contributed by atoms with van der Waals surface area (Å²) < 4.78 is 5.46. The van der Waals surface area contributed by atoms with Crippen LogP contribution in [0.3, 0.4) is 0 Å². The standard InChI is InChI=1S/C23H17N5O5/c29-9-8-27-21(30)12-17(22(27)31)25-16-7-6-15-10-19(23(32)33-20(15)11-16)28-24-13-18(26-28)14-4-2-1-3-5-14/h1-7,10-13,25,29H,8-9H2. The van der Waals surface area contributed by atoms with Crippen molar-refractivity contribution in [2.75, 3.05) is 18.5 Å². The fourth-order valence-electron chi connectivity index (χ4n) is 3.50. The van der Waals surface area contributed by atoms with Crippen molar-refractivity contribution in [1.29, 1.82) is 0 Å². The molecule has 2 aromatic carbocycles. The Balaban J connectivity index is 1.43. The Kier molecular flexibility index (Phi) is 5.04.